The third kappa shape index (κ3) is 3.94. The smallest absolute Gasteiger partial charge is 0.406 e. The summed E-state index contributed by atoms with van der Waals surface area (Å²) in [6.07, 6.45) is -3.33. The zero-order chi connectivity index (χ0) is 15.5. The molecule has 0 saturated carbocycles. The topological polar surface area (TPSA) is 56.3 Å². The zero-order valence-electron chi connectivity index (χ0n) is 11.5. The lowest BCUT2D eigenvalue weighted by Crippen LogP contribution is -2.17. The van der Waals surface area contributed by atoms with Crippen molar-refractivity contribution in [3.05, 3.63) is 23.9 Å². The van der Waals surface area contributed by atoms with Gasteiger partial charge in [-0.1, -0.05) is 13.3 Å². The number of rotatable bonds is 5. The summed E-state index contributed by atoms with van der Waals surface area (Å²) in [5, 5.41) is 0. The van der Waals surface area contributed by atoms with E-state index in [1.54, 1.807) is 7.05 Å². The first-order valence-electron chi connectivity index (χ1n) is 6.33. The number of hydrogen-bond acceptors (Lipinski definition) is 5. The number of nitrogens with one attached hydrogen (secondary N) is 1. The van der Waals surface area contributed by atoms with Crippen molar-refractivity contribution in [1.82, 2.24) is 15.4 Å². The lowest BCUT2D eigenvalue weighted by atomic mass is 10.2. The number of aryl methyl sites for hydroxylation is 1. The molecule has 5 nitrogen and oxygen atoms in total. The molecule has 0 aliphatic carbocycles. The van der Waals surface area contributed by atoms with Crippen LogP contribution in [0, 0.1) is 0 Å². The molecular weight excluding hydrogens is 287 g/mol. The van der Waals surface area contributed by atoms with Crippen molar-refractivity contribution in [2.75, 3.05) is 7.05 Å². The van der Waals surface area contributed by atoms with Gasteiger partial charge in [0.2, 0.25) is 0 Å². The predicted octanol–water partition coefficient (Wildman–Crippen LogP) is 2.99. The van der Waals surface area contributed by atoms with Gasteiger partial charge >= 0.3 is 6.36 Å². The molecule has 0 fully saturated rings. The highest BCUT2D eigenvalue weighted by atomic mass is 19.4. The Labute approximate surface area is 119 Å². The second-order valence-electron chi connectivity index (χ2n) is 4.23. The van der Waals surface area contributed by atoms with Gasteiger partial charge in [0.1, 0.15) is 11.4 Å². The van der Waals surface area contributed by atoms with E-state index in [4.69, 9.17) is 4.84 Å². The number of fused-ring (bicyclic) bond motifs is 1. The molecule has 0 saturated heterocycles. The normalized spacial score (nSPS) is 11.7. The predicted molar refractivity (Wildman–Crippen MR) is 69.9 cm³/mol. The van der Waals surface area contributed by atoms with Crippen molar-refractivity contribution >= 4 is 11.0 Å². The highest BCUT2D eigenvalue weighted by molar-refractivity contribution is 5.76. The van der Waals surface area contributed by atoms with Crippen molar-refractivity contribution in [2.45, 2.75) is 26.1 Å². The van der Waals surface area contributed by atoms with E-state index in [1.165, 1.54) is 18.2 Å². The molecule has 2 rings (SSSR count). The van der Waals surface area contributed by atoms with Crippen molar-refractivity contribution in [3.63, 3.8) is 0 Å². The monoisotopic (exact) mass is 301 g/mol. The van der Waals surface area contributed by atoms with Gasteiger partial charge in [0.05, 0.1) is 11.0 Å². The summed E-state index contributed by atoms with van der Waals surface area (Å²) in [4.78, 5) is 13.7. The van der Waals surface area contributed by atoms with Gasteiger partial charge in [-0.2, -0.15) is 5.48 Å². The minimum absolute atomic E-state index is 0.316. The summed E-state index contributed by atoms with van der Waals surface area (Å²) in [5.74, 6) is -0.00891. The van der Waals surface area contributed by atoms with Crippen molar-refractivity contribution in [3.8, 4) is 11.6 Å². The minimum Gasteiger partial charge on any atom is -0.406 e. The highest BCUT2D eigenvalue weighted by Gasteiger charge is 2.31. The summed E-state index contributed by atoms with van der Waals surface area (Å²) in [5.41, 5.74) is 3.84. The van der Waals surface area contributed by atoms with Crippen LogP contribution >= 0.6 is 0 Å². The average molecular weight is 301 g/mol. The summed E-state index contributed by atoms with van der Waals surface area (Å²) in [6.45, 7) is 1.96. The van der Waals surface area contributed by atoms with Gasteiger partial charge in [-0.15, -0.1) is 13.2 Å². The van der Waals surface area contributed by atoms with Gasteiger partial charge in [-0.25, -0.2) is 9.97 Å². The molecule has 2 aromatic rings. The number of nitrogens with zero attached hydrogens (tertiary/aromatic N) is 2. The van der Waals surface area contributed by atoms with Crippen molar-refractivity contribution < 1.29 is 22.7 Å². The molecule has 0 aliphatic heterocycles. The van der Waals surface area contributed by atoms with Gasteiger partial charge in [0.15, 0.2) is 0 Å². The number of halogens is 3. The van der Waals surface area contributed by atoms with Crippen LogP contribution in [-0.4, -0.2) is 23.4 Å². The van der Waals surface area contributed by atoms with E-state index >= 15 is 0 Å². The third-order valence-electron chi connectivity index (χ3n) is 2.59. The fourth-order valence-electron chi connectivity index (χ4n) is 1.83. The average Bonchev–Trinajstić information content (AvgIpc) is 2.38. The first-order chi connectivity index (χ1) is 9.93. The van der Waals surface area contributed by atoms with Gasteiger partial charge in [-0.3, -0.25) is 0 Å². The van der Waals surface area contributed by atoms with Crippen LogP contribution in [0.4, 0.5) is 13.2 Å². The van der Waals surface area contributed by atoms with E-state index < -0.39 is 6.36 Å². The Morgan fingerprint density at radius 3 is 2.57 bits per heavy atom. The number of benzene rings is 1. The first-order valence-corrected chi connectivity index (χ1v) is 6.33. The van der Waals surface area contributed by atoms with E-state index in [0.29, 0.717) is 29.0 Å². The molecule has 21 heavy (non-hydrogen) atoms. The number of aromatic nitrogens is 2. The van der Waals surface area contributed by atoms with E-state index in [9.17, 15) is 13.2 Å². The lowest BCUT2D eigenvalue weighted by molar-refractivity contribution is -0.274. The maximum absolute atomic E-state index is 12.2. The Morgan fingerprint density at radius 1 is 1.19 bits per heavy atom. The van der Waals surface area contributed by atoms with Gasteiger partial charge in [0.25, 0.3) is 5.88 Å². The Bertz CT molecular complexity index is 632. The van der Waals surface area contributed by atoms with E-state index in [0.717, 1.165) is 6.42 Å². The molecule has 1 N–H and O–H groups in total. The SMILES string of the molecule is CCCc1nc2cc(OC(F)(F)F)ccc2nc1ONC. The number of hydrogen-bond donors (Lipinski definition) is 1. The van der Waals surface area contributed by atoms with Gasteiger partial charge < -0.3 is 9.57 Å². The fraction of sp³-hybridized carbons (Fsp3) is 0.385. The van der Waals surface area contributed by atoms with Gasteiger partial charge in [-0.05, 0) is 18.6 Å². The molecule has 1 heterocycles. The molecule has 0 spiro atoms. The zero-order valence-corrected chi connectivity index (χ0v) is 11.5. The molecule has 0 aliphatic rings. The second kappa shape index (κ2) is 6.13. The molecule has 0 amide bonds. The van der Waals surface area contributed by atoms with E-state index in [2.05, 4.69) is 20.2 Å². The number of ether oxygens (including phenoxy) is 1. The van der Waals surface area contributed by atoms with Crippen LogP contribution in [0.5, 0.6) is 11.6 Å². The van der Waals surface area contributed by atoms with E-state index in [1.807, 2.05) is 6.92 Å². The van der Waals surface area contributed by atoms with Crippen LogP contribution in [0.25, 0.3) is 11.0 Å². The fourth-order valence-corrected chi connectivity index (χ4v) is 1.83. The summed E-state index contributed by atoms with van der Waals surface area (Å²) in [6, 6.07) is 3.80. The third-order valence-corrected chi connectivity index (χ3v) is 2.59. The molecule has 0 radical (unpaired) electrons. The Balaban J connectivity index is 2.44. The second-order valence-corrected chi connectivity index (χ2v) is 4.23. The quantitative estimate of drug-likeness (QED) is 0.860. The van der Waals surface area contributed by atoms with Crippen LogP contribution in [0.2, 0.25) is 0 Å². The number of alkyl halides is 3. The van der Waals surface area contributed by atoms with Crippen molar-refractivity contribution in [1.29, 1.82) is 0 Å². The molecule has 1 aromatic heterocycles. The molecule has 0 unspecified atom stereocenters. The maximum atomic E-state index is 12.2. The first kappa shape index (κ1) is 15.3. The van der Waals surface area contributed by atoms with Crippen LogP contribution in [0.15, 0.2) is 18.2 Å². The number of hydroxylamine groups is 1. The molecular formula is C13H14F3N3O2. The highest BCUT2D eigenvalue weighted by Crippen LogP contribution is 2.27. The summed E-state index contributed by atoms with van der Waals surface area (Å²) >= 11 is 0. The molecule has 114 valence electrons. The summed E-state index contributed by atoms with van der Waals surface area (Å²) in [7, 11) is 1.59. The van der Waals surface area contributed by atoms with E-state index in [-0.39, 0.29) is 5.75 Å². The van der Waals surface area contributed by atoms with Crippen LogP contribution in [0.1, 0.15) is 19.0 Å². The molecule has 8 heteroatoms. The lowest BCUT2D eigenvalue weighted by Gasteiger charge is -2.11. The molecule has 0 atom stereocenters. The minimum atomic E-state index is -4.73. The largest absolute Gasteiger partial charge is 0.573 e. The van der Waals surface area contributed by atoms with Crippen LogP contribution in [-0.2, 0) is 6.42 Å². The molecule has 1 aromatic carbocycles. The van der Waals surface area contributed by atoms with Crippen molar-refractivity contribution in [2.24, 2.45) is 0 Å². The Morgan fingerprint density at radius 2 is 1.95 bits per heavy atom. The van der Waals surface area contributed by atoms with Gasteiger partial charge in [0, 0.05) is 13.1 Å². The van der Waals surface area contributed by atoms with Crippen LogP contribution in [0.3, 0.4) is 0 Å². The van der Waals surface area contributed by atoms with Crippen LogP contribution < -0.4 is 15.1 Å². The Kier molecular flexibility index (Phi) is 4.46. The maximum Gasteiger partial charge on any atom is 0.573 e. The molecule has 0 bridgehead atoms. The standard InChI is InChI=1S/C13H14F3N3O2/c1-3-4-10-12(21-17-2)19-9-6-5-8(7-11(9)18-10)20-13(14,15)16/h5-7,17H,3-4H2,1-2H3. The Hall–Kier alpha value is -2.09. The summed E-state index contributed by atoms with van der Waals surface area (Å²) < 4.78 is 40.5.